The van der Waals surface area contributed by atoms with Crippen LogP contribution in [-0.4, -0.2) is 124 Å². The average molecular weight is 558 g/mol. The Morgan fingerprint density at radius 3 is 2.60 bits per heavy atom. The van der Waals surface area contributed by atoms with Gasteiger partial charge in [-0.2, -0.15) is 0 Å². The van der Waals surface area contributed by atoms with E-state index in [2.05, 4.69) is 27.4 Å². The molecule has 196 valence electrons. The minimum atomic E-state index is -1.25. The van der Waals surface area contributed by atoms with Crippen LogP contribution in [0.3, 0.4) is 0 Å². The minimum absolute atomic E-state index is 0.143. The molecule has 1 unspecified atom stereocenters. The number of carbonyl (C=O) groups is 3. The van der Waals surface area contributed by atoms with Crippen LogP contribution in [0.2, 0.25) is 0 Å². The number of fused-ring (bicyclic) bond motifs is 1. The monoisotopic (exact) mass is 557 g/mol. The number of aliphatic hydroxyl groups is 1. The number of aliphatic carboxylic acids is 1. The number of aliphatic hydroxyl groups excluding tert-OH is 1. The first-order valence-electron chi connectivity index (χ1n) is 12.4. The van der Waals surface area contributed by atoms with Crippen molar-refractivity contribution in [2.75, 3.05) is 52.5 Å². The van der Waals surface area contributed by atoms with Crippen molar-refractivity contribution in [1.82, 2.24) is 14.7 Å². The second-order valence-corrected chi connectivity index (χ2v) is 11.4. The van der Waals surface area contributed by atoms with Crippen molar-refractivity contribution < 1.29 is 34.1 Å². The first-order chi connectivity index (χ1) is 16.7. The van der Waals surface area contributed by atoms with E-state index in [0.717, 1.165) is 13.1 Å². The lowest BCUT2D eigenvalue weighted by Gasteiger charge is -2.41. The first kappa shape index (κ1) is 26.5. The number of amides is 2. The van der Waals surface area contributed by atoms with Gasteiger partial charge < -0.3 is 29.5 Å². The Kier molecular flexibility index (Phi) is 7.92. The summed E-state index contributed by atoms with van der Waals surface area (Å²) in [7, 11) is 0. The summed E-state index contributed by atoms with van der Waals surface area (Å²) in [6.07, 6.45) is 1.32. The zero-order valence-corrected chi connectivity index (χ0v) is 21.9. The van der Waals surface area contributed by atoms with Crippen LogP contribution in [0.25, 0.3) is 0 Å². The standard InChI is InChI=1S/C24H36BrN3O7/c1-4-5-27(7-6-26-8-10-34-11-9-26)22(31)20-24-12-15(25)19(35-24)17(23(32)33)18(24)21(30)28(20)16(13-29)14(2)3/h4,14-20,29H,1,5-13H2,2-3H3,(H,32,33)/t15?,16-,17+,18-,19+,20+,24-/m0/s1. The van der Waals surface area contributed by atoms with Crippen LogP contribution < -0.4 is 0 Å². The first-order valence-corrected chi connectivity index (χ1v) is 13.3. The Morgan fingerprint density at radius 2 is 2.03 bits per heavy atom. The number of carboxylic acids is 1. The van der Waals surface area contributed by atoms with Gasteiger partial charge in [-0.25, -0.2) is 0 Å². The molecule has 11 heteroatoms. The average Bonchev–Trinajstić information content (AvgIpc) is 3.41. The maximum absolute atomic E-state index is 14.2. The molecule has 4 aliphatic rings. The molecule has 4 aliphatic heterocycles. The number of ether oxygens (including phenoxy) is 2. The van der Waals surface area contributed by atoms with Gasteiger partial charge in [-0.1, -0.05) is 35.9 Å². The zero-order chi connectivity index (χ0) is 25.5. The highest BCUT2D eigenvalue weighted by molar-refractivity contribution is 9.09. The Morgan fingerprint density at radius 1 is 1.34 bits per heavy atom. The lowest BCUT2D eigenvalue weighted by atomic mass is 9.70. The molecule has 0 saturated carbocycles. The fourth-order valence-corrected chi connectivity index (χ4v) is 7.26. The number of hydrogen-bond acceptors (Lipinski definition) is 7. The largest absolute Gasteiger partial charge is 0.481 e. The molecule has 4 saturated heterocycles. The number of likely N-dealkylation sites (tertiary alicyclic amines) is 1. The van der Waals surface area contributed by atoms with Crippen molar-refractivity contribution in [3.8, 4) is 0 Å². The molecule has 2 amide bonds. The number of alkyl halides is 1. The number of carbonyl (C=O) groups excluding carboxylic acids is 2. The van der Waals surface area contributed by atoms with Crippen molar-refractivity contribution in [2.24, 2.45) is 17.8 Å². The summed E-state index contributed by atoms with van der Waals surface area (Å²) in [6.45, 7) is 11.5. The Hall–Kier alpha value is -1.53. The van der Waals surface area contributed by atoms with Crippen LogP contribution in [0, 0.1) is 17.8 Å². The normalized spacial score (nSPS) is 35.4. The van der Waals surface area contributed by atoms with Gasteiger partial charge in [0.25, 0.3) is 0 Å². The molecule has 4 heterocycles. The molecule has 2 bridgehead atoms. The lowest BCUT2D eigenvalue weighted by molar-refractivity contribution is -0.154. The summed E-state index contributed by atoms with van der Waals surface area (Å²) in [5.74, 6) is -3.97. The number of rotatable bonds is 10. The number of carboxylic acid groups (broad SMARTS) is 1. The molecular weight excluding hydrogens is 522 g/mol. The molecule has 0 aromatic rings. The van der Waals surface area contributed by atoms with E-state index in [1.165, 1.54) is 4.90 Å². The fraction of sp³-hybridized carbons (Fsp3) is 0.792. The number of nitrogens with zero attached hydrogens (tertiary/aromatic N) is 3. The van der Waals surface area contributed by atoms with E-state index in [1.807, 2.05) is 13.8 Å². The highest BCUT2D eigenvalue weighted by Crippen LogP contribution is 2.60. The molecule has 10 nitrogen and oxygen atoms in total. The highest BCUT2D eigenvalue weighted by Gasteiger charge is 2.77. The van der Waals surface area contributed by atoms with Gasteiger partial charge in [-0.3, -0.25) is 19.3 Å². The third-order valence-corrected chi connectivity index (χ3v) is 8.86. The van der Waals surface area contributed by atoms with Crippen molar-refractivity contribution in [3.05, 3.63) is 12.7 Å². The van der Waals surface area contributed by atoms with E-state index in [9.17, 15) is 24.6 Å². The second kappa shape index (κ2) is 10.5. The van der Waals surface area contributed by atoms with Crippen LogP contribution in [0.4, 0.5) is 0 Å². The van der Waals surface area contributed by atoms with Crippen LogP contribution in [0.15, 0.2) is 12.7 Å². The van der Waals surface area contributed by atoms with Gasteiger partial charge in [0.1, 0.15) is 11.6 Å². The number of hydrogen-bond donors (Lipinski definition) is 2. The minimum Gasteiger partial charge on any atom is -0.481 e. The van der Waals surface area contributed by atoms with E-state index in [0.29, 0.717) is 32.7 Å². The van der Waals surface area contributed by atoms with Gasteiger partial charge in [0.15, 0.2) is 0 Å². The molecule has 0 aromatic carbocycles. The molecule has 2 N–H and O–H groups in total. The smallest absolute Gasteiger partial charge is 0.310 e. The van der Waals surface area contributed by atoms with Gasteiger partial charge >= 0.3 is 5.97 Å². The number of morpholine rings is 1. The van der Waals surface area contributed by atoms with E-state index in [4.69, 9.17) is 9.47 Å². The topological polar surface area (TPSA) is 120 Å². The van der Waals surface area contributed by atoms with Crippen molar-refractivity contribution in [3.63, 3.8) is 0 Å². The summed E-state index contributed by atoms with van der Waals surface area (Å²) in [5, 5.41) is 20.2. The molecule has 0 aliphatic carbocycles. The third kappa shape index (κ3) is 4.43. The Bertz CT molecular complexity index is 851. The SMILES string of the molecule is C=CCN(CCN1CCOCC1)C(=O)[C@H]1N([C@@H](CO)C(C)C)C(=O)[C@@H]2[C@@H](C(=O)O)[C@@H]3O[C@@]21CC3Br. The summed E-state index contributed by atoms with van der Waals surface area (Å²) < 4.78 is 11.7. The maximum Gasteiger partial charge on any atom is 0.310 e. The van der Waals surface area contributed by atoms with Crippen LogP contribution in [-0.2, 0) is 23.9 Å². The molecular formula is C24H36BrN3O7. The van der Waals surface area contributed by atoms with Gasteiger partial charge in [0.2, 0.25) is 11.8 Å². The van der Waals surface area contributed by atoms with Crippen molar-refractivity contribution in [2.45, 2.75) is 48.9 Å². The zero-order valence-electron chi connectivity index (χ0n) is 20.3. The molecule has 0 aromatic heterocycles. The molecule has 4 fully saturated rings. The molecule has 1 spiro atoms. The van der Waals surface area contributed by atoms with Crippen molar-refractivity contribution >= 4 is 33.7 Å². The third-order valence-electron chi connectivity index (χ3n) is 8.01. The van der Waals surface area contributed by atoms with E-state index in [1.54, 1.807) is 11.0 Å². The van der Waals surface area contributed by atoms with Crippen LogP contribution in [0.5, 0.6) is 0 Å². The molecule has 0 radical (unpaired) electrons. The molecule has 4 rings (SSSR count). The highest BCUT2D eigenvalue weighted by atomic mass is 79.9. The van der Waals surface area contributed by atoms with Gasteiger partial charge in [0.05, 0.1) is 43.8 Å². The van der Waals surface area contributed by atoms with E-state index in [-0.39, 0.29) is 29.8 Å². The second-order valence-electron chi connectivity index (χ2n) is 10.3. The Balaban J connectivity index is 1.70. The molecule has 7 atom stereocenters. The quantitative estimate of drug-likeness (QED) is 0.288. The van der Waals surface area contributed by atoms with Crippen LogP contribution in [0.1, 0.15) is 20.3 Å². The summed E-state index contributed by atoms with van der Waals surface area (Å²) in [6, 6.07) is -1.65. The predicted octanol–water partition coefficient (Wildman–Crippen LogP) is 0.183. The molecule has 35 heavy (non-hydrogen) atoms. The van der Waals surface area contributed by atoms with Gasteiger partial charge in [-0.15, -0.1) is 6.58 Å². The summed E-state index contributed by atoms with van der Waals surface area (Å²) in [5.41, 5.74) is -1.25. The Labute approximate surface area is 214 Å². The summed E-state index contributed by atoms with van der Waals surface area (Å²) >= 11 is 3.56. The number of halogens is 1. The maximum atomic E-state index is 14.2. The van der Waals surface area contributed by atoms with Crippen molar-refractivity contribution in [1.29, 1.82) is 0 Å². The lowest BCUT2D eigenvalue weighted by Crippen LogP contribution is -2.60. The van der Waals surface area contributed by atoms with Gasteiger partial charge in [0, 0.05) is 37.6 Å². The van der Waals surface area contributed by atoms with E-state index >= 15 is 0 Å². The predicted molar refractivity (Wildman–Crippen MR) is 130 cm³/mol. The van der Waals surface area contributed by atoms with Gasteiger partial charge in [-0.05, 0) is 12.3 Å². The summed E-state index contributed by atoms with van der Waals surface area (Å²) in [4.78, 5) is 45.4. The fourth-order valence-electron chi connectivity index (χ4n) is 6.31. The van der Waals surface area contributed by atoms with Crippen LogP contribution >= 0.6 is 15.9 Å². The van der Waals surface area contributed by atoms with E-state index < -0.39 is 47.5 Å².